The van der Waals surface area contributed by atoms with E-state index in [9.17, 15) is 0 Å². The Morgan fingerprint density at radius 1 is 1.38 bits per heavy atom. The minimum atomic E-state index is -0.105. The Bertz CT molecular complexity index is 320. The maximum atomic E-state index is 5.79. The molecule has 1 saturated heterocycles. The molecule has 0 bridgehead atoms. The van der Waals surface area contributed by atoms with Crippen LogP contribution in [0, 0.1) is 0 Å². The highest BCUT2D eigenvalue weighted by Crippen LogP contribution is 2.09. The summed E-state index contributed by atoms with van der Waals surface area (Å²) in [6, 6.07) is -0.105. The van der Waals surface area contributed by atoms with E-state index in [0.29, 0.717) is 0 Å². The van der Waals surface area contributed by atoms with Crippen LogP contribution in [0.5, 0.6) is 0 Å². The fourth-order valence-electron chi connectivity index (χ4n) is 1.76. The standard InChI is InChI=1S/C9H18N6S/c1-8(10)9-11-12-13-15(9)3-2-14-4-6-16-7-5-14/h8H,2-7,10H2,1H3. The van der Waals surface area contributed by atoms with Gasteiger partial charge in [-0.05, 0) is 17.4 Å². The summed E-state index contributed by atoms with van der Waals surface area (Å²) in [7, 11) is 0. The molecule has 1 aromatic heterocycles. The summed E-state index contributed by atoms with van der Waals surface area (Å²) in [6.07, 6.45) is 0. The van der Waals surface area contributed by atoms with E-state index in [1.807, 2.05) is 23.4 Å². The van der Waals surface area contributed by atoms with Crippen molar-refractivity contribution in [2.75, 3.05) is 31.1 Å². The minimum absolute atomic E-state index is 0.105. The van der Waals surface area contributed by atoms with E-state index in [4.69, 9.17) is 5.73 Å². The predicted molar refractivity (Wildman–Crippen MR) is 64.2 cm³/mol. The van der Waals surface area contributed by atoms with Crippen LogP contribution in [-0.2, 0) is 6.54 Å². The van der Waals surface area contributed by atoms with Gasteiger partial charge >= 0.3 is 0 Å². The van der Waals surface area contributed by atoms with Gasteiger partial charge in [-0.15, -0.1) is 5.10 Å². The number of rotatable bonds is 4. The van der Waals surface area contributed by atoms with Gasteiger partial charge in [0.1, 0.15) is 0 Å². The van der Waals surface area contributed by atoms with Crippen molar-refractivity contribution in [1.29, 1.82) is 0 Å². The zero-order valence-electron chi connectivity index (χ0n) is 9.54. The molecular formula is C9H18N6S. The average Bonchev–Trinajstić information content (AvgIpc) is 2.76. The topological polar surface area (TPSA) is 72.9 Å². The van der Waals surface area contributed by atoms with Crippen molar-refractivity contribution in [3.8, 4) is 0 Å². The van der Waals surface area contributed by atoms with Crippen LogP contribution in [0.4, 0.5) is 0 Å². The average molecular weight is 242 g/mol. The van der Waals surface area contributed by atoms with Crippen LogP contribution in [-0.4, -0.2) is 56.2 Å². The summed E-state index contributed by atoms with van der Waals surface area (Å²) in [4.78, 5) is 2.45. The number of tetrazole rings is 1. The summed E-state index contributed by atoms with van der Waals surface area (Å²) in [5, 5.41) is 11.6. The molecule has 1 aromatic rings. The van der Waals surface area contributed by atoms with Crippen LogP contribution in [0.3, 0.4) is 0 Å². The lowest BCUT2D eigenvalue weighted by Gasteiger charge is -2.25. The molecule has 0 amide bonds. The molecule has 0 radical (unpaired) electrons. The van der Waals surface area contributed by atoms with E-state index in [0.717, 1.165) is 18.9 Å². The van der Waals surface area contributed by atoms with Crippen molar-refractivity contribution in [3.05, 3.63) is 5.82 Å². The number of aromatic nitrogens is 4. The molecule has 2 N–H and O–H groups in total. The maximum absolute atomic E-state index is 5.79. The lowest BCUT2D eigenvalue weighted by molar-refractivity contribution is 0.280. The molecule has 1 unspecified atom stereocenters. The fraction of sp³-hybridized carbons (Fsp3) is 0.889. The number of hydrogen-bond donors (Lipinski definition) is 1. The Kier molecular flexibility index (Phi) is 4.14. The van der Waals surface area contributed by atoms with Gasteiger partial charge in [-0.2, -0.15) is 11.8 Å². The second-order valence-electron chi connectivity index (χ2n) is 4.00. The lowest BCUT2D eigenvalue weighted by atomic mass is 10.3. The normalized spacial score (nSPS) is 19.9. The first-order valence-corrected chi connectivity index (χ1v) is 6.74. The van der Waals surface area contributed by atoms with Crippen molar-refractivity contribution in [1.82, 2.24) is 25.1 Å². The zero-order valence-corrected chi connectivity index (χ0v) is 10.4. The van der Waals surface area contributed by atoms with E-state index < -0.39 is 0 Å². The third-order valence-electron chi connectivity index (χ3n) is 2.70. The van der Waals surface area contributed by atoms with E-state index in [2.05, 4.69) is 20.4 Å². The first-order chi connectivity index (χ1) is 7.77. The highest BCUT2D eigenvalue weighted by atomic mass is 32.2. The van der Waals surface area contributed by atoms with Gasteiger partial charge in [0.15, 0.2) is 5.82 Å². The van der Waals surface area contributed by atoms with Crippen molar-refractivity contribution >= 4 is 11.8 Å². The number of nitrogens with two attached hydrogens (primary N) is 1. The molecule has 0 aliphatic carbocycles. The Morgan fingerprint density at radius 2 is 2.12 bits per heavy atom. The third kappa shape index (κ3) is 2.93. The Balaban J connectivity index is 1.86. The van der Waals surface area contributed by atoms with Gasteiger partial charge < -0.3 is 5.73 Å². The highest BCUT2D eigenvalue weighted by molar-refractivity contribution is 7.99. The van der Waals surface area contributed by atoms with Gasteiger partial charge in [0.2, 0.25) is 0 Å². The highest BCUT2D eigenvalue weighted by Gasteiger charge is 2.13. The Morgan fingerprint density at radius 3 is 2.81 bits per heavy atom. The Hall–Kier alpha value is -0.660. The van der Waals surface area contributed by atoms with Crippen LogP contribution in [0.25, 0.3) is 0 Å². The number of hydrogen-bond acceptors (Lipinski definition) is 6. The minimum Gasteiger partial charge on any atom is -0.322 e. The molecular weight excluding hydrogens is 224 g/mol. The first kappa shape index (κ1) is 11.8. The fourth-order valence-corrected chi connectivity index (χ4v) is 2.74. The van der Waals surface area contributed by atoms with E-state index in [1.54, 1.807) is 0 Å². The summed E-state index contributed by atoms with van der Waals surface area (Å²) in [5.74, 6) is 3.23. The third-order valence-corrected chi connectivity index (χ3v) is 3.64. The summed E-state index contributed by atoms with van der Waals surface area (Å²) in [5.41, 5.74) is 5.79. The maximum Gasteiger partial charge on any atom is 0.167 e. The molecule has 1 aliphatic rings. The van der Waals surface area contributed by atoms with Gasteiger partial charge in [-0.3, -0.25) is 4.90 Å². The quantitative estimate of drug-likeness (QED) is 0.784. The molecule has 7 heteroatoms. The van der Waals surface area contributed by atoms with Gasteiger partial charge in [0.05, 0.1) is 12.6 Å². The van der Waals surface area contributed by atoms with Crippen LogP contribution in [0.2, 0.25) is 0 Å². The SMILES string of the molecule is CC(N)c1nnnn1CCN1CCSCC1. The molecule has 1 aliphatic heterocycles. The number of thioether (sulfide) groups is 1. The molecule has 2 rings (SSSR count). The molecule has 16 heavy (non-hydrogen) atoms. The molecule has 0 saturated carbocycles. The smallest absolute Gasteiger partial charge is 0.167 e. The molecule has 0 aromatic carbocycles. The predicted octanol–water partition coefficient (Wildman–Crippen LogP) is -0.258. The van der Waals surface area contributed by atoms with Crippen LogP contribution in [0.1, 0.15) is 18.8 Å². The van der Waals surface area contributed by atoms with Crippen molar-refractivity contribution < 1.29 is 0 Å². The monoisotopic (exact) mass is 242 g/mol. The van der Waals surface area contributed by atoms with Gasteiger partial charge in [-0.25, -0.2) is 4.68 Å². The largest absolute Gasteiger partial charge is 0.322 e. The molecule has 0 spiro atoms. The van der Waals surface area contributed by atoms with E-state index in [-0.39, 0.29) is 6.04 Å². The molecule has 1 fully saturated rings. The van der Waals surface area contributed by atoms with Crippen LogP contribution < -0.4 is 5.73 Å². The zero-order chi connectivity index (χ0) is 11.4. The molecule has 2 heterocycles. The first-order valence-electron chi connectivity index (χ1n) is 5.59. The summed E-state index contributed by atoms with van der Waals surface area (Å²) < 4.78 is 1.81. The van der Waals surface area contributed by atoms with Gasteiger partial charge in [-0.1, -0.05) is 0 Å². The summed E-state index contributed by atoms with van der Waals surface area (Å²) >= 11 is 2.02. The molecule has 1 atom stereocenters. The summed E-state index contributed by atoms with van der Waals surface area (Å²) in [6.45, 7) is 6.07. The van der Waals surface area contributed by atoms with Crippen LogP contribution in [0.15, 0.2) is 0 Å². The van der Waals surface area contributed by atoms with E-state index in [1.165, 1.54) is 24.6 Å². The van der Waals surface area contributed by atoms with Crippen LogP contribution >= 0.6 is 11.8 Å². The lowest BCUT2D eigenvalue weighted by Crippen LogP contribution is -2.35. The molecule has 90 valence electrons. The van der Waals surface area contributed by atoms with Gasteiger partial charge in [0.25, 0.3) is 0 Å². The Labute approximate surface area is 99.6 Å². The second-order valence-corrected chi connectivity index (χ2v) is 5.23. The molecule has 6 nitrogen and oxygen atoms in total. The van der Waals surface area contributed by atoms with E-state index >= 15 is 0 Å². The van der Waals surface area contributed by atoms with Crippen molar-refractivity contribution in [2.45, 2.75) is 19.5 Å². The number of nitrogens with zero attached hydrogens (tertiary/aromatic N) is 5. The second kappa shape index (κ2) is 5.60. The van der Waals surface area contributed by atoms with Crippen molar-refractivity contribution in [2.24, 2.45) is 5.73 Å². The van der Waals surface area contributed by atoms with Gasteiger partial charge in [0, 0.05) is 31.1 Å². The van der Waals surface area contributed by atoms with Crippen molar-refractivity contribution in [3.63, 3.8) is 0 Å².